The molecule has 10 nitrogen and oxygen atoms in total. The van der Waals surface area contributed by atoms with Gasteiger partial charge in [-0.25, -0.2) is 4.98 Å². The molecule has 1 saturated carbocycles. The Morgan fingerprint density at radius 3 is 2.74 bits per heavy atom. The summed E-state index contributed by atoms with van der Waals surface area (Å²) >= 11 is 6.36. The minimum absolute atomic E-state index is 0.0930. The van der Waals surface area contributed by atoms with Crippen molar-refractivity contribution in [3.63, 3.8) is 0 Å². The third kappa shape index (κ3) is 3.31. The standard InChI is InChI=1S/C23H22ClN7O3/c1-23(4-5-23)22-27-20(28-34-22)17-19-21(32)30(7-6-29-8-10-33-11-9-29)18-14(12-25)15(24)2-3-16(18)31(19)13-26-17/h2-3,13H,4-11H2,1H3. The molecule has 34 heavy (non-hydrogen) atoms. The van der Waals surface area contributed by atoms with Crippen LogP contribution in [0.15, 0.2) is 27.8 Å². The van der Waals surface area contributed by atoms with Crippen molar-refractivity contribution in [2.75, 3.05) is 32.8 Å². The van der Waals surface area contributed by atoms with Crippen molar-refractivity contribution in [2.24, 2.45) is 0 Å². The molecule has 6 rings (SSSR count). The van der Waals surface area contributed by atoms with Crippen molar-refractivity contribution in [2.45, 2.75) is 31.7 Å². The Bertz CT molecular complexity index is 1520. The predicted octanol–water partition coefficient (Wildman–Crippen LogP) is 2.61. The molecule has 2 aliphatic rings. The van der Waals surface area contributed by atoms with Crippen LogP contribution in [0.5, 0.6) is 0 Å². The first-order valence-electron chi connectivity index (χ1n) is 11.3. The van der Waals surface area contributed by atoms with E-state index in [9.17, 15) is 10.1 Å². The predicted molar refractivity (Wildman–Crippen MR) is 124 cm³/mol. The number of nitriles is 1. The summed E-state index contributed by atoms with van der Waals surface area (Å²) in [6.45, 7) is 6.02. The van der Waals surface area contributed by atoms with E-state index in [0.29, 0.717) is 59.5 Å². The van der Waals surface area contributed by atoms with E-state index in [4.69, 9.17) is 20.9 Å². The summed E-state index contributed by atoms with van der Waals surface area (Å²) in [6.07, 6.45) is 3.55. The molecule has 0 atom stereocenters. The van der Waals surface area contributed by atoms with Crippen molar-refractivity contribution >= 4 is 28.2 Å². The third-order valence-corrected chi connectivity index (χ3v) is 7.17. The lowest BCUT2D eigenvalue weighted by Crippen LogP contribution is -2.39. The minimum atomic E-state index is -0.281. The Kier molecular flexibility index (Phi) is 4.95. The van der Waals surface area contributed by atoms with Crippen molar-refractivity contribution in [1.82, 2.24) is 29.0 Å². The average molecular weight is 480 g/mol. The van der Waals surface area contributed by atoms with E-state index in [-0.39, 0.29) is 22.4 Å². The second-order valence-electron chi connectivity index (χ2n) is 9.11. The maximum Gasteiger partial charge on any atom is 0.277 e. The van der Waals surface area contributed by atoms with Gasteiger partial charge in [-0.3, -0.25) is 14.1 Å². The molecule has 0 unspecified atom stereocenters. The molecule has 0 bridgehead atoms. The number of rotatable bonds is 5. The zero-order valence-corrected chi connectivity index (χ0v) is 19.4. The van der Waals surface area contributed by atoms with Crippen LogP contribution in [0.3, 0.4) is 0 Å². The number of nitrogens with zero attached hydrogens (tertiary/aromatic N) is 7. The Hall–Kier alpha value is -3.26. The van der Waals surface area contributed by atoms with Crippen LogP contribution in [0.25, 0.3) is 28.1 Å². The Morgan fingerprint density at radius 1 is 1.21 bits per heavy atom. The van der Waals surface area contributed by atoms with E-state index in [1.807, 2.05) is 0 Å². The van der Waals surface area contributed by atoms with Crippen LogP contribution in [-0.2, 0) is 16.7 Å². The molecule has 0 radical (unpaired) electrons. The zero-order valence-electron chi connectivity index (χ0n) is 18.6. The Labute approximate surface area is 199 Å². The highest BCUT2D eigenvalue weighted by Crippen LogP contribution is 2.47. The van der Waals surface area contributed by atoms with Gasteiger partial charge in [-0.1, -0.05) is 23.7 Å². The normalized spacial score (nSPS) is 17.9. The second-order valence-corrected chi connectivity index (χ2v) is 9.52. The quantitative estimate of drug-likeness (QED) is 0.429. The van der Waals surface area contributed by atoms with Crippen molar-refractivity contribution in [1.29, 1.82) is 5.26 Å². The molecule has 4 aromatic rings. The molecule has 1 saturated heterocycles. The van der Waals surface area contributed by atoms with E-state index in [1.54, 1.807) is 27.4 Å². The summed E-state index contributed by atoms with van der Waals surface area (Å²) in [5.74, 6) is 0.854. The van der Waals surface area contributed by atoms with Crippen LogP contribution in [0, 0.1) is 11.3 Å². The van der Waals surface area contributed by atoms with Gasteiger partial charge in [-0.05, 0) is 25.0 Å². The van der Waals surface area contributed by atoms with Gasteiger partial charge in [0.05, 0.1) is 34.8 Å². The molecule has 174 valence electrons. The molecule has 0 N–H and O–H groups in total. The van der Waals surface area contributed by atoms with Gasteiger partial charge in [0.15, 0.2) is 0 Å². The van der Waals surface area contributed by atoms with Crippen LogP contribution in [0.4, 0.5) is 0 Å². The highest BCUT2D eigenvalue weighted by atomic mass is 35.5. The average Bonchev–Trinajstić information content (AvgIpc) is 3.25. The maximum atomic E-state index is 13.9. The summed E-state index contributed by atoms with van der Waals surface area (Å²) in [6, 6.07) is 5.64. The molecular formula is C23H22ClN7O3. The first kappa shape index (κ1) is 21.3. The molecule has 3 aromatic heterocycles. The number of morpholine rings is 1. The highest BCUT2D eigenvalue weighted by Gasteiger charge is 2.44. The zero-order chi connectivity index (χ0) is 23.4. The molecule has 1 aliphatic carbocycles. The maximum absolute atomic E-state index is 13.9. The van der Waals surface area contributed by atoms with Crippen molar-refractivity contribution < 1.29 is 9.26 Å². The van der Waals surface area contributed by atoms with Crippen LogP contribution < -0.4 is 5.56 Å². The van der Waals surface area contributed by atoms with E-state index in [0.717, 1.165) is 25.9 Å². The van der Waals surface area contributed by atoms with E-state index in [2.05, 4.69) is 33.0 Å². The fourth-order valence-corrected chi connectivity index (χ4v) is 4.70. The Balaban J connectivity index is 1.55. The van der Waals surface area contributed by atoms with Crippen LogP contribution in [0.1, 0.15) is 31.2 Å². The number of benzene rings is 1. The number of halogens is 1. The molecule has 11 heteroatoms. The number of fused-ring (bicyclic) bond motifs is 3. The van der Waals surface area contributed by atoms with E-state index in [1.165, 1.54) is 0 Å². The molecular weight excluding hydrogens is 458 g/mol. The smallest absolute Gasteiger partial charge is 0.277 e. The van der Waals surface area contributed by atoms with Gasteiger partial charge in [-0.2, -0.15) is 10.2 Å². The molecule has 1 aliphatic heterocycles. The summed E-state index contributed by atoms with van der Waals surface area (Å²) in [5.41, 5.74) is 1.74. The summed E-state index contributed by atoms with van der Waals surface area (Å²) in [7, 11) is 0. The lowest BCUT2D eigenvalue weighted by atomic mass is 10.1. The van der Waals surface area contributed by atoms with E-state index >= 15 is 0 Å². The topological polar surface area (TPSA) is 114 Å². The van der Waals surface area contributed by atoms with Gasteiger partial charge in [0.1, 0.15) is 23.6 Å². The second kappa shape index (κ2) is 7.91. The number of ether oxygens (including phenoxy) is 1. The first-order chi connectivity index (χ1) is 16.5. The van der Waals surface area contributed by atoms with Crippen LogP contribution in [-0.4, -0.2) is 61.8 Å². The third-order valence-electron chi connectivity index (χ3n) is 6.86. The lowest BCUT2D eigenvalue weighted by molar-refractivity contribution is 0.0364. The largest absolute Gasteiger partial charge is 0.379 e. The fraction of sp³-hybridized carbons (Fsp3) is 0.435. The van der Waals surface area contributed by atoms with Gasteiger partial charge in [0, 0.05) is 31.6 Å². The number of hydrogen-bond acceptors (Lipinski definition) is 8. The monoisotopic (exact) mass is 479 g/mol. The number of imidazole rings is 1. The SMILES string of the molecule is CC1(c2nc(-c3ncn4c3c(=O)n(CCN3CCOCC3)c3c(C#N)c(Cl)ccc34)no2)CC1. The molecule has 0 spiro atoms. The molecule has 2 fully saturated rings. The van der Waals surface area contributed by atoms with Crippen LogP contribution >= 0.6 is 11.6 Å². The Morgan fingerprint density at radius 2 is 2.00 bits per heavy atom. The molecule has 1 aromatic carbocycles. The van der Waals surface area contributed by atoms with E-state index < -0.39 is 0 Å². The first-order valence-corrected chi connectivity index (χ1v) is 11.6. The fourth-order valence-electron chi connectivity index (χ4n) is 4.50. The van der Waals surface area contributed by atoms with Gasteiger partial charge in [0.2, 0.25) is 11.7 Å². The van der Waals surface area contributed by atoms with Gasteiger partial charge in [0.25, 0.3) is 5.56 Å². The summed E-state index contributed by atoms with van der Waals surface area (Å²) in [4.78, 5) is 25.2. The van der Waals surface area contributed by atoms with Gasteiger partial charge >= 0.3 is 0 Å². The summed E-state index contributed by atoms with van der Waals surface area (Å²) < 4.78 is 14.2. The minimum Gasteiger partial charge on any atom is -0.379 e. The summed E-state index contributed by atoms with van der Waals surface area (Å²) in [5, 5.41) is 14.3. The molecule has 0 amide bonds. The lowest BCUT2D eigenvalue weighted by Gasteiger charge is -2.27. The van der Waals surface area contributed by atoms with Gasteiger partial charge in [-0.15, -0.1) is 0 Å². The van der Waals surface area contributed by atoms with Crippen molar-refractivity contribution in [3.05, 3.63) is 45.3 Å². The number of hydrogen-bond donors (Lipinski definition) is 0. The van der Waals surface area contributed by atoms with Crippen LogP contribution in [0.2, 0.25) is 5.02 Å². The highest BCUT2D eigenvalue weighted by molar-refractivity contribution is 6.32. The number of aromatic nitrogens is 5. The van der Waals surface area contributed by atoms with Gasteiger partial charge < -0.3 is 13.8 Å². The molecule has 4 heterocycles. The van der Waals surface area contributed by atoms with Crippen molar-refractivity contribution in [3.8, 4) is 17.6 Å².